The molecule has 2 aromatic rings. The quantitative estimate of drug-likeness (QED) is 0.367. The first-order chi connectivity index (χ1) is 14.4. The van der Waals surface area contributed by atoms with Crippen LogP contribution in [0.3, 0.4) is 0 Å². The minimum absolute atomic E-state index is 0.133. The highest BCUT2D eigenvalue weighted by atomic mass is 79.9. The summed E-state index contributed by atoms with van der Waals surface area (Å²) >= 11 is 3.43. The lowest BCUT2D eigenvalue weighted by Crippen LogP contribution is -2.38. The number of ketones is 1. The Hall–Kier alpha value is -2.44. The van der Waals surface area contributed by atoms with Crippen LogP contribution in [-0.4, -0.2) is 52.8 Å². The molecule has 158 valence electrons. The van der Waals surface area contributed by atoms with E-state index < -0.39 is 17.7 Å². The summed E-state index contributed by atoms with van der Waals surface area (Å²) in [5.41, 5.74) is 2.52. The van der Waals surface area contributed by atoms with Crippen LogP contribution in [0.25, 0.3) is 5.76 Å². The van der Waals surface area contributed by atoms with E-state index in [-0.39, 0.29) is 11.3 Å². The molecule has 1 aliphatic heterocycles. The molecular formula is C24H27BrN2O3. The van der Waals surface area contributed by atoms with Crippen molar-refractivity contribution in [2.75, 3.05) is 26.2 Å². The summed E-state index contributed by atoms with van der Waals surface area (Å²) in [7, 11) is 0. The van der Waals surface area contributed by atoms with Crippen LogP contribution in [0, 0.1) is 6.92 Å². The van der Waals surface area contributed by atoms with Gasteiger partial charge in [-0.15, -0.1) is 0 Å². The Morgan fingerprint density at radius 2 is 1.63 bits per heavy atom. The number of likely N-dealkylation sites (N-methyl/N-ethyl adjacent to an activating group) is 1. The molecule has 0 saturated carbocycles. The molecule has 0 bridgehead atoms. The van der Waals surface area contributed by atoms with Crippen molar-refractivity contribution >= 4 is 33.4 Å². The monoisotopic (exact) mass is 470 g/mol. The van der Waals surface area contributed by atoms with Crippen molar-refractivity contribution in [1.82, 2.24) is 9.80 Å². The maximum atomic E-state index is 13.0. The van der Waals surface area contributed by atoms with Crippen LogP contribution in [0.15, 0.2) is 58.6 Å². The number of nitrogens with zero attached hydrogens (tertiary/aromatic N) is 2. The Kier molecular flexibility index (Phi) is 7.10. The van der Waals surface area contributed by atoms with E-state index >= 15 is 0 Å². The van der Waals surface area contributed by atoms with Gasteiger partial charge in [-0.2, -0.15) is 0 Å². The Morgan fingerprint density at radius 1 is 1.03 bits per heavy atom. The zero-order valence-electron chi connectivity index (χ0n) is 17.6. The van der Waals surface area contributed by atoms with E-state index in [0.29, 0.717) is 18.7 Å². The maximum Gasteiger partial charge on any atom is 0.295 e. The van der Waals surface area contributed by atoms with E-state index in [9.17, 15) is 14.7 Å². The minimum Gasteiger partial charge on any atom is -0.507 e. The number of halogens is 1. The van der Waals surface area contributed by atoms with Crippen LogP contribution >= 0.6 is 15.9 Å². The van der Waals surface area contributed by atoms with Gasteiger partial charge in [0.1, 0.15) is 5.76 Å². The van der Waals surface area contributed by atoms with Gasteiger partial charge in [-0.25, -0.2) is 0 Å². The molecule has 0 radical (unpaired) electrons. The summed E-state index contributed by atoms with van der Waals surface area (Å²) in [6.07, 6.45) is 0. The van der Waals surface area contributed by atoms with Crippen LogP contribution in [0.5, 0.6) is 0 Å². The molecule has 1 amide bonds. The molecule has 1 atom stereocenters. The molecule has 0 aromatic heterocycles. The summed E-state index contributed by atoms with van der Waals surface area (Å²) in [5, 5.41) is 11.0. The molecule has 1 N–H and O–H groups in total. The highest BCUT2D eigenvalue weighted by molar-refractivity contribution is 9.10. The average Bonchev–Trinajstić information content (AvgIpc) is 3.00. The van der Waals surface area contributed by atoms with Gasteiger partial charge in [0, 0.05) is 23.1 Å². The van der Waals surface area contributed by atoms with Gasteiger partial charge in [0.15, 0.2) is 0 Å². The highest BCUT2D eigenvalue weighted by Crippen LogP contribution is 2.39. The lowest BCUT2D eigenvalue weighted by molar-refractivity contribution is -0.140. The number of carbonyl (C=O) groups is 2. The van der Waals surface area contributed by atoms with Gasteiger partial charge in [-0.1, -0.05) is 71.7 Å². The molecule has 1 unspecified atom stereocenters. The van der Waals surface area contributed by atoms with Gasteiger partial charge >= 0.3 is 0 Å². The van der Waals surface area contributed by atoms with Crippen molar-refractivity contribution in [2.24, 2.45) is 0 Å². The molecule has 1 saturated heterocycles. The smallest absolute Gasteiger partial charge is 0.295 e. The molecule has 1 fully saturated rings. The highest BCUT2D eigenvalue weighted by Gasteiger charge is 2.45. The van der Waals surface area contributed by atoms with Crippen molar-refractivity contribution < 1.29 is 14.7 Å². The Bertz CT molecular complexity index is 947. The van der Waals surface area contributed by atoms with Crippen LogP contribution in [0.4, 0.5) is 0 Å². The summed E-state index contributed by atoms with van der Waals surface area (Å²) in [4.78, 5) is 29.7. The first-order valence-corrected chi connectivity index (χ1v) is 11.0. The number of aliphatic hydroxyl groups excluding tert-OH is 1. The van der Waals surface area contributed by atoms with Crippen molar-refractivity contribution in [2.45, 2.75) is 26.8 Å². The van der Waals surface area contributed by atoms with Crippen molar-refractivity contribution in [1.29, 1.82) is 0 Å². The van der Waals surface area contributed by atoms with E-state index in [1.54, 1.807) is 17.0 Å². The summed E-state index contributed by atoms with van der Waals surface area (Å²) in [5.74, 6) is -1.34. The van der Waals surface area contributed by atoms with Crippen molar-refractivity contribution in [3.05, 3.63) is 75.3 Å². The first-order valence-electron chi connectivity index (χ1n) is 10.2. The molecule has 0 aliphatic carbocycles. The van der Waals surface area contributed by atoms with Crippen LogP contribution in [0.2, 0.25) is 0 Å². The van der Waals surface area contributed by atoms with Crippen LogP contribution in [0.1, 0.15) is 36.6 Å². The second-order valence-electron chi connectivity index (χ2n) is 7.44. The number of hydrogen-bond acceptors (Lipinski definition) is 4. The Morgan fingerprint density at radius 3 is 2.20 bits per heavy atom. The fourth-order valence-corrected chi connectivity index (χ4v) is 4.02. The predicted molar refractivity (Wildman–Crippen MR) is 122 cm³/mol. The SMILES string of the molecule is CCN(CC)CCN1C(=O)C(=O)/C(=C(/O)c2ccc(C)cc2)C1c1ccc(Br)cc1. The molecular weight excluding hydrogens is 444 g/mol. The van der Waals surface area contributed by atoms with Gasteiger partial charge in [-0.3, -0.25) is 9.59 Å². The van der Waals surface area contributed by atoms with Gasteiger partial charge in [0.05, 0.1) is 11.6 Å². The molecule has 2 aromatic carbocycles. The largest absolute Gasteiger partial charge is 0.507 e. The fraction of sp³-hybridized carbons (Fsp3) is 0.333. The molecule has 30 heavy (non-hydrogen) atoms. The molecule has 0 spiro atoms. The average molecular weight is 471 g/mol. The van der Waals surface area contributed by atoms with E-state index in [1.165, 1.54) is 0 Å². The number of likely N-dealkylation sites (tertiary alicyclic amines) is 1. The normalized spacial score (nSPS) is 18.4. The van der Waals surface area contributed by atoms with E-state index in [1.807, 2.05) is 43.3 Å². The topological polar surface area (TPSA) is 60.9 Å². The van der Waals surface area contributed by atoms with Crippen LogP contribution < -0.4 is 0 Å². The molecule has 3 rings (SSSR count). The number of rotatable bonds is 7. The summed E-state index contributed by atoms with van der Waals surface area (Å²) < 4.78 is 0.907. The van der Waals surface area contributed by atoms with Gasteiger partial charge in [0.25, 0.3) is 11.7 Å². The maximum absolute atomic E-state index is 13.0. The first kappa shape index (κ1) is 22.2. The second-order valence-corrected chi connectivity index (χ2v) is 8.35. The van der Waals surface area contributed by atoms with E-state index in [4.69, 9.17) is 0 Å². The number of hydrogen-bond donors (Lipinski definition) is 1. The second kappa shape index (κ2) is 9.58. The third-order valence-corrected chi connectivity index (χ3v) is 6.13. The number of Topliss-reactive ketones (excluding diaryl/α,β-unsaturated/α-hetero) is 1. The Balaban J connectivity index is 2.08. The Labute approximate surface area is 186 Å². The summed E-state index contributed by atoms with van der Waals surface area (Å²) in [6.45, 7) is 8.91. The van der Waals surface area contributed by atoms with E-state index in [0.717, 1.165) is 28.7 Å². The van der Waals surface area contributed by atoms with Gasteiger partial charge in [0.2, 0.25) is 0 Å². The molecule has 5 nitrogen and oxygen atoms in total. The summed E-state index contributed by atoms with van der Waals surface area (Å²) in [6, 6.07) is 14.2. The van der Waals surface area contributed by atoms with Gasteiger partial charge < -0.3 is 14.9 Å². The number of carbonyl (C=O) groups excluding carboxylic acids is 2. The van der Waals surface area contributed by atoms with Crippen molar-refractivity contribution in [3.63, 3.8) is 0 Å². The lowest BCUT2D eigenvalue weighted by Gasteiger charge is -2.28. The fourth-order valence-electron chi connectivity index (χ4n) is 3.76. The third-order valence-electron chi connectivity index (χ3n) is 5.60. The standard InChI is InChI=1S/C24H27BrN2O3/c1-4-26(5-2)14-15-27-21(17-10-12-19(25)13-11-17)20(23(29)24(27)30)22(28)18-8-6-16(3)7-9-18/h6-13,21,28H,4-5,14-15H2,1-3H3/b22-20+. The van der Waals surface area contributed by atoms with Gasteiger partial charge in [-0.05, 0) is 37.7 Å². The number of benzene rings is 2. The van der Waals surface area contributed by atoms with Crippen molar-refractivity contribution in [3.8, 4) is 0 Å². The lowest BCUT2D eigenvalue weighted by atomic mass is 9.95. The third kappa shape index (κ3) is 4.50. The molecule has 6 heteroatoms. The van der Waals surface area contributed by atoms with Crippen LogP contribution in [-0.2, 0) is 9.59 Å². The number of amides is 1. The van der Waals surface area contributed by atoms with E-state index in [2.05, 4.69) is 34.7 Å². The zero-order valence-corrected chi connectivity index (χ0v) is 19.1. The minimum atomic E-state index is -0.638. The zero-order chi connectivity index (χ0) is 21.8. The molecule has 1 aliphatic rings. The molecule has 1 heterocycles. The number of aryl methyl sites for hydroxylation is 1. The predicted octanol–water partition coefficient (Wildman–Crippen LogP) is 4.52. The number of aliphatic hydroxyl groups is 1.